The van der Waals surface area contributed by atoms with E-state index in [1.807, 2.05) is 0 Å². The molecule has 0 spiro atoms. The van der Waals surface area contributed by atoms with E-state index >= 15 is 0 Å². The second kappa shape index (κ2) is 11.2. The summed E-state index contributed by atoms with van der Waals surface area (Å²) < 4.78 is 5.80. The van der Waals surface area contributed by atoms with Crippen molar-refractivity contribution in [3.05, 3.63) is 17.8 Å². The fraction of sp³-hybridized carbons (Fsp3) is 0.762. The summed E-state index contributed by atoms with van der Waals surface area (Å²) in [4.78, 5) is 22.6. The molecule has 0 bridgehead atoms. The molecule has 8 nitrogen and oxygen atoms in total. The van der Waals surface area contributed by atoms with Crippen LogP contribution in [0.15, 0.2) is 15.6 Å². The molecule has 8 heteroatoms. The SMILES string of the molecule is CCNC(=NCc1ncc(C(C)(C)C)o1)NCCCCN1CCC(C(N)=O)CC1. The first-order chi connectivity index (χ1) is 13.8. The van der Waals surface area contributed by atoms with Crippen molar-refractivity contribution in [3.63, 3.8) is 0 Å². The lowest BCUT2D eigenvalue weighted by atomic mass is 9.94. The smallest absolute Gasteiger partial charge is 0.220 e. The van der Waals surface area contributed by atoms with Crippen molar-refractivity contribution in [2.75, 3.05) is 32.7 Å². The van der Waals surface area contributed by atoms with Gasteiger partial charge in [0.25, 0.3) is 0 Å². The first kappa shape index (κ1) is 23.2. The normalized spacial score (nSPS) is 16.8. The number of carbonyl (C=O) groups excluding carboxylic acids is 1. The highest BCUT2D eigenvalue weighted by molar-refractivity contribution is 5.79. The summed E-state index contributed by atoms with van der Waals surface area (Å²) in [5.41, 5.74) is 5.35. The first-order valence-corrected chi connectivity index (χ1v) is 10.8. The number of nitrogens with zero attached hydrogens (tertiary/aromatic N) is 3. The summed E-state index contributed by atoms with van der Waals surface area (Å²) in [7, 11) is 0. The predicted molar refractivity (Wildman–Crippen MR) is 116 cm³/mol. The molecule has 1 aromatic heterocycles. The highest BCUT2D eigenvalue weighted by Gasteiger charge is 2.22. The number of likely N-dealkylation sites (tertiary alicyclic amines) is 1. The molecule has 1 amide bonds. The maximum Gasteiger partial charge on any atom is 0.220 e. The standard InChI is InChI=1S/C21H38N6O2/c1-5-23-20(26-15-18-25-14-17(29-18)21(2,3)4)24-10-6-7-11-27-12-8-16(9-13-27)19(22)28/h14,16H,5-13,15H2,1-4H3,(H2,22,28)(H2,23,24,26). The van der Waals surface area contributed by atoms with Gasteiger partial charge < -0.3 is 25.7 Å². The number of hydrogen-bond donors (Lipinski definition) is 3. The van der Waals surface area contributed by atoms with E-state index in [4.69, 9.17) is 10.2 Å². The Morgan fingerprint density at radius 1 is 1.31 bits per heavy atom. The molecule has 0 aliphatic carbocycles. The Kier molecular flexibility index (Phi) is 8.95. The highest BCUT2D eigenvalue weighted by Crippen LogP contribution is 2.22. The predicted octanol–water partition coefficient (Wildman–Crippen LogP) is 2.00. The van der Waals surface area contributed by atoms with Gasteiger partial charge in [-0.2, -0.15) is 0 Å². The van der Waals surface area contributed by atoms with Crippen molar-refractivity contribution < 1.29 is 9.21 Å². The summed E-state index contributed by atoms with van der Waals surface area (Å²) >= 11 is 0. The Morgan fingerprint density at radius 2 is 2.03 bits per heavy atom. The molecular formula is C21H38N6O2. The van der Waals surface area contributed by atoms with E-state index in [0.29, 0.717) is 12.4 Å². The van der Waals surface area contributed by atoms with Crippen LogP contribution in [0.4, 0.5) is 0 Å². The number of nitrogens with two attached hydrogens (primary N) is 1. The summed E-state index contributed by atoms with van der Waals surface area (Å²) in [6.45, 7) is 13.4. The minimum absolute atomic E-state index is 0.0488. The van der Waals surface area contributed by atoms with Gasteiger partial charge in [-0.25, -0.2) is 9.98 Å². The van der Waals surface area contributed by atoms with Crippen LogP contribution in [-0.2, 0) is 16.8 Å². The van der Waals surface area contributed by atoms with E-state index in [0.717, 1.165) is 70.1 Å². The van der Waals surface area contributed by atoms with Crippen LogP contribution in [0.3, 0.4) is 0 Å². The van der Waals surface area contributed by atoms with E-state index in [2.05, 4.69) is 53.2 Å². The zero-order chi connectivity index (χ0) is 21.3. The minimum Gasteiger partial charge on any atom is -0.443 e. The Bertz CT molecular complexity index is 656. The van der Waals surface area contributed by atoms with Crippen LogP contribution in [0.25, 0.3) is 0 Å². The van der Waals surface area contributed by atoms with E-state index in [-0.39, 0.29) is 17.2 Å². The molecular weight excluding hydrogens is 368 g/mol. The van der Waals surface area contributed by atoms with Gasteiger partial charge in [-0.1, -0.05) is 20.8 Å². The van der Waals surface area contributed by atoms with E-state index in [9.17, 15) is 4.79 Å². The third kappa shape index (κ3) is 8.04. The second-order valence-electron chi connectivity index (χ2n) is 8.72. The average molecular weight is 407 g/mol. The number of oxazole rings is 1. The van der Waals surface area contributed by atoms with Crippen molar-refractivity contribution in [3.8, 4) is 0 Å². The maximum atomic E-state index is 11.2. The number of unbranched alkanes of at least 4 members (excludes halogenated alkanes) is 1. The number of rotatable bonds is 9. The molecule has 1 aliphatic rings. The fourth-order valence-corrected chi connectivity index (χ4v) is 3.33. The van der Waals surface area contributed by atoms with Gasteiger partial charge in [0.05, 0.1) is 6.20 Å². The third-order valence-electron chi connectivity index (χ3n) is 5.19. The van der Waals surface area contributed by atoms with Crippen LogP contribution in [-0.4, -0.2) is 54.5 Å². The minimum atomic E-state index is -0.150. The van der Waals surface area contributed by atoms with Crippen LogP contribution in [0.1, 0.15) is 65.0 Å². The zero-order valence-electron chi connectivity index (χ0n) is 18.5. The van der Waals surface area contributed by atoms with Crippen LogP contribution < -0.4 is 16.4 Å². The number of primary amides is 1. The summed E-state index contributed by atoms with van der Waals surface area (Å²) in [5.74, 6) is 2.20. The van der Waals surface area contributed by atoms with Gasteiger partial charge in [0.2, 0.25) is 11.8 Å². The lowest BCUT2D eigenvalue weighted by Gasteiger charge is -2.30. The molecule has 2 heterocycles. The van der Waals surface area contributed by atoms with Gasteiger partial charge in [-0.3, -0.25) is 4.79 Å². The highest BCUT2D eigenvalue weighted by atomic mass is 16.4. The van der Waals surface area contributed by atoms with Crippen LogP contribution in [0.2, 0.25) is 0 Å². The van der Waals surface area contributed by atoms with Gasteiger partial charge in [0, 0.05) is 24.4 Å². The largest absolute Gasteiger partial charge is 0.443 e. The van der Waals surface area contributed by atoms with Gasteiger partial charge >= 0.3 is 0 Å². The number of aromatic nitrogens is 1. The summed E-state index contributed by atoms with van der Waals surface area (Å²) in [6, 6.07) is 0. The van der Waals surface area contributed by atoms with Gasteiger partial charge in [-0.15, -0.1) is 0 Å². The molecule has 0 unspecified atom stereocenters. The van der Waals surface area contributed by atoms with E-state index < -0.39 is 0 Å². The quantitative estimate of drug-likeness (QED) is 0.329. The molecule has 0 saturated carbocycles. The maximum absolute atomic E-state index is 11.2. The zero-order valence-corrected chi connectivity index (χ0v) is 18.5. The van der Waals surface area contributed by atoms with Crippen molar-refractivity contribution >= 4 is 11.9 Å². The molecule has 1 saturated heterocycles. The van der Waals surface area contributed by atoms with Gasteiger partial charge in [0.1, 0.15) is 12.3 Å². The van der Waals surface area contributed by atoms with Crippen molar-refractivity contribution in [2.24, 2.45) is 16.6 Å². The van der Waals surface area contributed by atoms with Crippen LogP contribution in [0, 0.1) is 5.92 Å². The average Bonchev–Trinajstić information content (AvgIpc) is 3.15. The molecule has 1 aromatic rings. The number of carbonyl (C=O) groups is 1. The molecule has 29 heavy (non-hydrogen) atoms. The number of amides is 1. The molecule has 4 N–H and O–H groups in total. The van der Waals surface area contributed by atoms with E-state index in [1.54, 1.807) is 6.20 Å². The van der Waals surface area contributed by atoms with Crippen molar-refractivity contribution in [1.29, 1.82) is 0 Å². The molecule has 0 atom stereocenters. The van der Waals surface area contributed by atoms with Gasteiger partial charge in [-0.05, 0) is 52.2 Å². The molecule has 164 valence electrons. The molecule has 0 aromatic carbocycles. The Labute approximate surface area is 174 Å². The number of aliphatic imine (C=N–C) groups is 1. The molecule has 2 rings (SSSR count). The summed E-state index contributed by atoms with van der Waals surface area (Å²) in [5, 5.41) is 6.64. The Hall–Kier alpha value is -2.09. The van der Waals surface area contributed by atoms with Gasteiger partial charge in [0.15, 0.2) is 5.96 Å². The monoisotopic (exact) mass is 406 g/mol. The number of nitrogens with one attached hydrogen (secondary N) is 2. The Morgan fingerprint density at radius 3 is 2.62 bits per heavy atom. The second-order valence-corrected chi connectivity index (χ2v) is 8.72. The van der Waals surface area contributed by atoms with Crippen molar-refractivity contribution in [1.82, 2.24) is 20.5 Å². The lowest BCUT2D eigenvalue weighted by Crippen LogP contribution is -2.39. The lowest BCUT2D eigenvalue weighted by molar-refractivity contribution is -0.123. The molecule has 1 aliphatic heterocycles. The summed E-state index contributed by atoms with van der Waals surface area (Å²) in [6.07, 6.45) is 5.75. The van der Waals surface area contributed by atoms with E-state index in [1.165, 1.54) is 0 Å². The molecule has 0 radical (unpaired) electrons. The molecule has 1 fully saturated rings. The third-order valence-corrected chi connectivity index (χ3v) is 5.19. The topological polar surface area (TPSA) is 109 Å². The van der Waals surface area contributed by atoms with Crippen molar-refractivity contribution in [2.45, 2.75) is 65.3 Å². The first-order valence-electron chi connectivity index (χ1n) is 10.8. The van der Waals surface area contributed by atoms with Crippen LogP contribution in [0.5, 0.6) is 0 Å². The number of hydrogen-bond acceptors (Lipinski definition) is 5. The number of piperidine rings is 1. The number of guanidine groups is 1. The Balaban J connectivity index is 1.68. The fourth-order valence-electron chi connectivity index (χ4n) is 3.33. The van der Waals surface area contributed by atoms with Crippen LogP contribution >= 0.6 is 0 Å².